The topological polar surface area (TPSA) is 55.3 Å². The Morgan fingerprint density at radius 3 is 2.25 bits per heavy atom. The maximum absolute atomic E-state index is 5.58. The van der Waals surface area contributed by atoms with E-state index in [0.29, 0.717) is 6.54 Å². The molecule has 0 bridgehead atoms. The molecule has 3 heteroatoms. The first-order valence-corrected chi connectivity index (χ1v) is 3.04. The molecule has 4 N–H and O–H groups in total. The van der Waals surface area contributed by atoms with Gasteiger partial charge in [0.05, 0.1) is 6.17 Å². The first-order chi connectivity index (χ1) is 3.84. The van der Waals surface area contributed by atoms with Crippen LogP contribution < -0.4 is 11.5 Å². The molecule has 1 saturated heterocycles. The molecule has 8 heavy (non-hydrogen) atoms. The van der Waals surface area contributed by atoms with Crippen LogP contribution in [0.2, 0.25) is 0 Å². The summed E-state index contributed by atoms with van der Waals surface area (Å²) in [6, 6.07) is 0. The summed E-state index contributed by atoms with van der Waals surface area (Å²) in [6.07, 6.45) is 1.40. The first kappa shape index (κ1) is 6.01. The standard InChI is InChI=1S/C5H13N3/c6-4-5(7)8-2-1-3-8/h5H,1-4,6-7H2. The molecular formula is C5H13N3. The Labute approximate surface area is 49.6 Å². The Morgan fingerprint density at radius 2 is 2.12 bits per heavy atom. The van der Waals surface area contributed by atoms with Gasteiger partial charge in [0, 0.05) is 19.6 Å². The highest BCUT2D eigenvalue weighted by Crippen LogP contribution is 2.05. The molecule has 1 unspecified atom stereocenters. The van der Waals surface area contributed by atoms with Crippen LogP contribution in [-0.4, -0.2) is 30.7 Å². The molecule has 1 atom stereocenters. The van der Waals surface area contributed by atoms with E-state index in [-0.39, 0.29) is 6.17 Å². The Kier molecular flexibility index (Phi) is 1.83. The summed E-state index contributed by atoms with van der Waals surface area (Å²) < 4.78 is 0. The lowest BCUT2D eigenvalue weighted by Crippen LogP contribution is -2.53. The Hall–Kier alpha value is -0.120. The minimum Gasteiger partial charge on any atom is -0.328 e. The molecule has 1 rings (SSSR count). The first-order valence-electron chi connectivity index (χ1n) is 3.04. The van der Waals surface area contributed by atoms with E-state index in [1.54, 1.807) is 0 Å². The lowest BCUT2D eigenvalue weighted by Gasteiger charge is -2.35. The number of nitrogens with zero attached hydrogens (tertiary/aromatic N) is 1. The second kappa shape index (κ2) is 2.44. The number of nitrogens with two attached hydrogens (primary N) is 2. The summed E-state index contributed by atoms with van der Waals surface area (Å²) >= 11 is 0. The molecule has 1 heterocycles. The van der Waals surface area contributed by atoms with Crippen LogP contribution in [-0.2, 0) is 0 Å². The fraction of sp³-hybridized carbons (Fsp3) is 1.00. The van der Waals surface area contributed by atoms with Gasteiger partial charge in [0.25, 0.3) is 0 Å². The quantitative estimate of drug-likeness (QED) is 0.482. The van der Waals surface area contributed by atoms with Gasteiger partial charge in [0.15, 0.2) is 0 Å². The van der Waals surface area contributed by atoms with E-state index < -0.39 is 0 Å². The van der Waals surface area contributed by atoms with Crippen molar-refractivity contribution in [3.63, 3.8) is 0 Å². The van der Waals surface area contributed by atoms with E-state index >= 15 is 0 Å². The van der Waals surface area contributed by atoms with Crippen LogP contribution >= 0.6 is 0 Å². The van der Waals surface area contributed by atoms with E-state index in [1.807, 2.05) is 0 Å². The van der Waals surface area contributed by atoms with Crippen molar-refractivity contribution in [3.8, 4) is 0 Å². The fourth-order valence-electron chi connectivity index (χ4n) is 0.821. The zero-order valence-corrected chi connectivity index (χ0v) is 5.01. The van der Waals surface area contributed by atoms with Crippen molar-refractivity contribution < 1.29 is 0 Å². The van der Waals surface area contributed by atoms with Crippen molar-refractivity contribution in [3.05, 3.63) is 0 Å². The minimum absolute atomic E-state index is 0.115. The van der Waals surface area contributed by atoms with Crippen LogP contribution in [0, 0.1) is 0 Å². The number of likely N-dealkylation sites (tertiary alicyclic amines) is 1. The van der Waals surface area contributed by atoms with E-state index in [4.69, 9.17) is 11.5 Å². The minimum atomic E-state index is 0.115. The highest BCUT2D eigenvalue weighted by molar-refractivity contribution is 4.74. The van der Waals surface area contributed by atoms with Gasteiger partial charge in [-0.05, 0) is 6.42 Å². The van der Waals surface area contributed by atoms with Gasteiger partial charge in [-0.2, -0.15) is 0 Å². The molecule has 1 aliphatic rings. The molecule has 0 aliphatic carbocycles. The smallest absolute Gasteiger partial charge is 0.0698 e. The zero-order chi connectivity index (χ0) is 5.98. The summed E-state index contributed by atoms with van der Waals surface area (Å²) in [5.74, 6) is 0. The van der Waals surface area contributed by atoms with Gasteiger partial charge in [-0.3, -0.25) is 4.90 Å². The summed E-state index contributed by atoms with van der Waals surface area (Å²) in [5, 5.41) is 0. The van der Waals surface area contributed by atoms with E-state index in [0.717, 1.165) is 13.1 Å². The third kappa shape index (κ3) is 0.992. The second-order valence-corrected chi connectivity index (χ2v) is 2.19. The Balaban J connectivity index is 2.13. The molecule has 0 aromatic rings. The van der Waals surface area contributed by atoms with E-state index in [2.05, 4.69) is 4.90 Å². The fourth-order valence-corrected chi connectivity index (χ4v) is 0.821. The lowest BCUT2D eigenvalue weighted by molar-refractivity contribution is 0.125. The van der Waals surface area contributed by atoms with Crippen LogP contribution in [0.4, 0.5) is 0 Å². The molecule has 1 aliphatic heterocycles. The third-order valence-corrected chi connectivity index (χ3v) is 1.60. The van der Waals surface area contributed by atoms with Crippen molar-refractivity contribution in [2.24, 2.45) is 11.5 Å². The maximum atomic E-state index is 5.58. The van der Waals surface area contributed by atoms with Gasteiger partial charge in [0.2, 0.25) is 0 Å². The summed E-state index contributed by atoms with van der Waals surface area (Å²) in [4.78, 5) is 2.18. The van der Waals surface area contributed by atoms with Gasteiger partial charge in [0.1, 0.15) is 0 Å². The monoisotopic (exact) mass is 115 g/mol. The molecule has 0 saturated carbocycles. The Morgan fingerprint density at radius 1 is 1.50 bits per heavy atom. The Bertz CT molecular complexity index is 67.3. The normalized spacial score (nSPS) is 24.8. The van der Waals surface area contributed by atoms with Crippen molar-refractivity contribution in [2.75, 3.05) is 19.6 Å². The van der Waals surface area contributed by atoms with Crippen molar-refractivity contribution in [1.29, 1.82) is 0 Å². The average molecular weight is 115 g/mol. The summed E-state index contributed by atoms with van der Waals surface area (Å²) in [6.45, 7) is 2.86. The largest absolute Gasteiger partial charge is 0.328 e. The highest BCUT2D eigenvalue weighted by Gasteiger charge is 2.18. The predicted molar refractivity (Wildman–Crippen MR) is 33.2 cm³/mol. The molecule has 3 nitrogen and oxygen atoms in total. The molecule has 0 spiro atoms. The third-order valence-electron chi connectivity index (χ3n) is 1.60. The second-order valence-electron chi connectivity index (χ2n) is 2.19. The number of hydrogen-bond acceptors (Lipinski definition) is 3. The summed E-state index contributed by atoms with van der Waals surface area (Å²) in [7, 11) is 0. The number of hydrogen-bond donors (Lipinski definition) is 2. The van der Waals surface area contributed by atoms with Crippen LogP contribution in [0.3, 0.4) is 0 Å². The molecular weight excluding hydrogens is 102 g/mol. The lowest BCUT2D eigenvalue weighted by atomic mass is 10.2. The SMILES string of the molecule is NCC(N)N1CCC1. The maximum Gasteiger partial charge on any atom is 0.0698 e. The summed E-state index contributed by atoms with van der Waals surface area (Å²) in [5.41, 5.74) is 10.9. The van der Waals surface area contributed by atoms with Gasteiger partial charge in [-0.25, -0.2) is 0 Å². The predicted octanol–water partition coefficient (Wildman–Crippen LogP) is -1.06. The van der Waals surface area contributed by atoms with E-state index in [1.165, 1.54) is 6.42 Å². The van der Waals surface area contributed by atoms with Gasteiger partial charge < -0.3 is 11.5 Å². The van der Waals surface area contributed by atoms with Gasteiger partial charge in [-0.1, -0.05) is 0 Å². The average Bonchev–Trinajstić information content (AvgIpc) is 1.62. The molecule has 48 valence electrons. The van der Waals surface area contributed by atoms with Crippen LogP contribution in [0.25, 0.3) is 0 Å². The van der Waals surface area contributed by atoms with Crippen LogP contribution in [0.5, 0.6) is 0 Å². The van der Waals surface area contributed by atoms with Crippen LogP contribution in [0.1, 0.15) is 6.42 Å². The molecule has 0 aromatic heterocycles. The highest BCUT2D eigenvalue weighted by atomic mass is 15.3. The number of rotatable bonds is 2. The molecule has 0 amide bonds. The molecule has 0 radical (unpaired) electrons. The van der Waals surface area contributed by atoms with Crippen molar-refractivity contribution in [2.45, 2.75) is 12.6 Å². The van der Waals surface area contributed by atoms with Crippen molar-refractivity contribution in [1.82, 2.24) is 4.90 Å². The van der Waals surface area contributed by atoms with Crippen molar-refractivity contribution >= 4 is 0 Å². The van der Waals surface area contributed by atoms with Crippen LogP contribution in [0.15, 0.2) is 0 Å². The molecule has 1 fully saturated rings. The van der Waals surface area contributed by atoms with Gasteiger partial charge >= 0.3 is 0 Å². The molecule has 0 aromatic carbocycles. The zero-order valence-electron chi connectivity index (χ0n) is 5.01. The van der Waals surface area contributed by atoms with E-state index in [9.17, 15) is 0 Å². The van der Waals surface area contributed by atoms with Gasteiger partial charge in [-0.15, -0.1) is 0 Å².